The minimum atomic E-state index is -0.399. The van der Waals surface area contributed by atoms with Crippen LogP contribution in [0.15, 0.2) is 30.3 Å². The second-order valence-electron chi connectivity index (χ2n) is 4.30. The van der Waals surface area contributed by atoms with E-state index in [1.54, 1.807) is 0 Å². The normalized spacial score (nSPS) is 12.2. The van der Waals surface area contributed by atoms with Crippen molar-refractivity contribution in [2.75, 3.05) is 7.11 Å². The van der Waals surface area contributed by atoms with Gasteiger partial charge in [0, 0.05) is 5.92 Å². The van der Waals surface area contributed by atoms with Crippen LogP contribution < -0.4 is 0 Å². The second kappa shape index (κ2) is 6.18. The number of Topliss-reactive ketones (excluding diaryl/α,β-unsaturated/α-hetero) is 1. The van der Waals surface area contributed by atoms with E-state index in [9.17, 15) is 9.59 Å². The zero-order valence-corrected chi connectivity index (χ0v) is 10.5. The summed E-state index contributed by atoms with van der Waals surface area (Å²) in [5.74, 6) is -0.775. The Labute approximate surface area is 102 Å². The van der Waals surface area contributed by atoms with Crippen molar-refractivity contribution in [3.8, 4) is 0 Å². The largest absolute Gasteiger partial charge is 0.469 e. The summed E-state index contributed by atoms with van der Waals surface area (Å²) >= 11 is 0. The van der Waals surface area contributed by atoms with E-state index in [2.05, 4.69) is 4.74 Å². The average Bonchev–Trinajstić information content (AvgIpc) is 2.35. The van der Waals surface area contributed by atoms with Gasteiger partial charge in [-0.1, -0.05) is 44.2 Å². The van der Waals surface area contributed by atoms with E-state index in [0.717, 1.165) is 5.56 Å². The fraction of sp³-hybridized carbons (Fsp3) is 0.429. The third kappa shape index (κ3) is 3.70. The lowest BCUT2D eigenvalue weighted by molar-refractivity contribution is -0.142. The van der Waals surface area contributed by atoms with Crippen LogP contribution in [0.1, 0.15) is 31.7 Å². The molecule has 0 saturated heterocycles. The van der Waals surface area contributed by atoms with Crippen LogP contribution in [0.25, 0.3) is 0 Å². The third-order valence-corrected chi connectivity index (χ3v) is 2.71. The number of carbonyl (C=O) groups is 2. The highest BCUT2D eigenvalue weighted by Crippen LogP contribution is 2.24. The molecular weight excluding hydrogens is 216 g/mol. The highest BCUT2D eigenvalue weighted by Gasteiger charge is 2.25. The van der Waals surface area contributed by atoms with Gasteiger partial charge >= 0.3 is 5.97 Å². The molecule has 1 atom stereocenters. The van der Waals surface area contributed by atoms with Gasteiger partial charge in [-0.05, 0) is 5.56 Å². The van der Waals surface area contributed by atoms with Gasteiger partial charge < -0.3 is 4.74 Å². The first-order valence-electron chi connectivity index (χ1n) is 5.71. The van der Waals surface area contributed by atoms with E-state index in [1.165, 1.54) is 7.11 Å². The van der Waals surface area contributed by atoms with Crippen LogP contribution in [0, 0.1) is 5.92 Å². The van der Waals surface area contributed by atoms with Crippen molar-refractivity contribution in [1.82, 2.24) is 0 Å². The maximum Gasteiger partial charge on any atom is 0.306 e. The molecule has 3 nitrogen and oxygen atoms in total. The Kier molecular flexibility index (Phi) is 4.88. The van der Waals surface area contributed by atoms with Gasteiger partial charge in [-0.3, -0.25) is 9.59 Å². The summed E-state index contributed by atoms with van der Waals surface area (Å²) in [6.07, 6.45) is 0.109. The summed E-state index contributed by atoms with van der Waals surface area (Å²) in [4.78, 5) is 23.4. The van der Waals surface area contributed by atoms with Gasteiger partial charge in [0.1, 0.15) is 5.78 Å². The van der Waals surface area contributed by atoms with Crippen LogP contribution in [0.2, 0.25) is 0 Å². The number of carbonyl (C=O) groups excluding carboxylic acids is 2. The molecular formula is C14H18O3. The Bertz CT molecular complexity index is 382. The van der Waals surface area contributed by atoms with Crippen molar-refractivity contribution in [3.63, 3.8) is 0 Å². The molecule has 0 aliphatic carbocycles. The molecule has 1 aromatic carbocycles. The molecule has 0 aromatic heterocycles. The summed E-state index contributed by atoms with van der Waals surface area (Å²) in [6.45, 7) is 3.69. The predicted molar refractivity (Wildman–Crippen MR) is 65.7 cm³/mol. The SMILES string of the molecule is COC(=O)CC(C(=O)C(C)C)c1ccccc1. The average molecular weight is 234 g/mol. The van der Waals surface area contributed by atoms with E-state index in [-0.39, 0.29) is 24.1 Å². The predicted octanol–water partition coefficient (Wildman–Crippen LogP) is 2.56. The maximum absolute atomic E-state index is 12.1. The van der Waals surface area contributed by atoms with Crippen molar-refractivity contribution in [2.45, 2.75) is 26.2 Å². The van der Waals surface area contributed by atoms with Crippen molar-refractivity contribution in [3.05, 3.63) is 35.9 Å². The molecule has 17 heavy (non-hydrogen) atoms. The Hall–Kier alpha value is -1.64. The zero-order valence-electron chi connectivity index (χ0n) is 10.5. The lowest BCUT2D eigenvalue weighted by Gasteiger charge is -2.17. The summed E-state index contributed by atoms with van der Waals surface area (Å²) in [5.41, 5.74) is 0.872. The van der Waals surface area contributed by atoms with E-state index in [1.807, 2.05) is 44.2 Å². The van der Waals surface area contributed by atoms with Gasteiger partial charge in [0.25, 0.3) is 0 Å². The first-order chi connectivity index (χ1) is 8.06. The first-order valence-corrected chi connectivity index (χ1v) is 5.71. The van der Waals surface area contributed by atoms with E-state index in [0.29, 0.717) is 0 Å². The van der Waals surface area contributed by atoms with E-state index < -0.39 is 5.92 Å². The fourth-order valence-electron chi connectivity index (χ4n) is 1.72. The first kappa shape index (κ1) is 13.4. The van der Waals surface area contributed by atoms with Gasteiger partial charge in [0.05, 0.1) is 19.4 Å². The smallest absolute Gasteiger partial charge is 0.306 e. The van der Waals surface area contributed by atoms with Gasteiger partial charge in [0.2, 0.25) is 0 Å². The molecule has 0 N–H and O–H groups in total. The highest BCUT2D eigenvalue weighted by atomic mass is 16.5. The molecule has 0 amide bonds. The number of rotatable bonds is 5. The van der Waals surface area contributed by atoms with Crippen LogP contribution in [0.4, 0.5) is 0 Å². The van der Waals surface area contributed by atoms with Crippen LogP contribution in [0.5, 0.6) is 0 Å². The van der Waals surface area contributed by atoms with Crippen molar-refractivity contribution in [2.24, 2.45) is 5.92 Å². The van der Waals surface area contributed by atoms with Crippen LogP contribution in [0.3, 0.4) is 0 Å². The number of benzene rings is 1. The topological polar surface area (TPSA) is 43.4 Å². The molecule has 1 aromatic rings. The number of hydrogen-bond donors (Lipinski definition) is 0. The molecule has 0 aliphatic heterocycles. The van der Waals surface area contributed by atoms with Gasteiger partial charge in [-0.25, -0.2) is 0 Å². The number of ketones is 1. The molecule has 1 unspecified atom stereocenters. The molecule has 0 aliphatic rings. The summed E-state index contributed by atoms with van der Waals surface area (Å²) in [6, 6.07) is 9.36. The van der Waals surface area contributed by atoms with Gasteiger partial charge in [0.15, 0.2) is 0 Å². The monoisotopic (exact) mass is 234 g/mol. The van der Waals surface area contributed by atoms with Crippen molar-refractivity contribution < 1.29 is 14.3 Å². The molecule has 0 radical (unpaired) electrons. The van der Waals surface area contributed by atoms with Gasteiger partial charge in [-0.2, -0.15) is 0 Å². The Morgan fingerprint density at radius 3 is 2.24 bits per heavy atom. The minimum Gasteiger partial charge on any atom is -0.469 e. The van der Waals surface area contributed by atoms with Crippen LogP contribution >= 0.6 is 0 Å². The molecule has 0 bridgehead atoms. The molecule has 1 rings (SSSR count). The van der Waals surface area contributed by atoms with Crippen molar-refractivity contribution >= 4 is 11.8 Å². The minimum absolute atomic E-state index is 0.0709. The molecule has 0 saturated carbocycles. The Balaban J connectivity index is 2.94. The van der Waals surface area contributed by atoms with Gasteiger partial charge in [-0.15, -0.1) is 0 Å². The molecule has 92 valence electrons. The number of ether oxygens (including phenoxy) is 1. The third-order valence-electron chi connectivity index (χ3n) is 2.71. The molecule has 0 fully saturated rings. The van der Waals surface area contributed by atoms with Crippen molar-refractivity contribution in [1.29, 1.82) is 0 Å². The summed E-state index contributed by atoms with van der Waals surface area (Å²) < 4.78 is 4.64. The summed E-state index contributed by atoms with van der Waals surface area (Å²) in [5, 5.41) is 0. The fourth-order valence-corrected chi connectivity index (χ4v) is 1.72. The standard InChI is InChI=1S/C14H18O3/c1-10(2)14(16)12(9-13(15)17-3)11-7-5-4-6-8-11/h4-8,10,12H,9H2,1-3H3. The Morgan fingerprint density at radius 2 is 1.76 bits per heavy atom. The van der Waals surface area contributed by atoms with Crippen LogP contribution in [-0.4, -0.2) is 18.9 Å². The maximum atomic E-state index is 12.1. The lowest BCUT2D eigenvalue weighted by Crippen LogP contribution is -2.21. The second-order valence-corrected chi connectivity index (χ2v) is 4.30. The molecule has 3 heteroatoms. The number of hydrogen-bond acceptors (Lipinski definition) is 3. The zero-order chi connectivity index (χ0) is 12.8. The Morgan fingerprint density at radius 1 is 1.18 bits per heavy atom. The lowest BCUT2D eigenvalue weighted by atomic mass is 9.86. The number of methoxy groups -OCH3 is 1. The molecule has 0 spiro atoms. The quantitative estimate of drug-likeness (QED) is 0.735. The van der Waals surface area contributed by atoms with E-state index >= 15 is 0 Å². The van der Waals surface area contributed by atoms with Crippen LogP contribution in [-0.2, 0) is 14.3 Å². The van der Waals surface area contributed by atoms with E-state index in [4.69, 9.17) is 0 Å². The highest BCUT2D eigenvalue weighted by molar-refractivity contribution is 5.90. The molecule has 0 heterocycles. The number of esters is 1. The summed E-state index contributed by atoms with van der Waals surface area (Å²) in [7, 11) is 1.34.